The average molecular weight is 608 g/mol. The highest BCUT2D eigenvalue weighted by molar-refractivity contribution is 5.76. The summed E-state index contributed by atoms with van der Waals surface area (Å²) in [5, 5.41) is 3.09. The molecular weight excluding hydrogens is 530 g/mol. The van der Waals surface area contributed by atoms with Gasteiger partial charge in [0.25, 0.3) is 0 Å². The van der Waals surface area contributed by atoms with E-state index in [9.17, 15) is 9.59 Å². The molecule has 0 rings (SSSR count). The molecule has 1 N–H and O–H groups in total. The van der Waals surface area contributed by atoms with Crippen LogP contribution >= 0.6 is 0 Å². The summed E-state index contributed by atoms with van der Waals surface area (Å²) in [6, 6.07) is 0. The molecule has 4 nitrogen and oxygen atoms in total. The van der Waals surface area contributed by atoms with Crippen LogP contribution in [0.25, 0.3) is 0 Å². The third kappa shape index (κ3) is 28.2. The molecule has 0 aliphatic rings. The fourth-order valence-electron chi connectivity index (χ4n) is 6.38. The largest absolute Gasteiger partial charge is 0.469 e. The van der Waals surface area contributed by atoms with Crippen LogP contribution in [0.3, 0.4) is 0 Å². The predicted octanol–water partition coefficient (Wildman–Crippen LogP) is 12.4. The Morgan fingerprint density at radius 2 is 0.814 bits per heavy atom. The van der Waals surface area contributed by atoms with E-state index in [2.05, 4.69) is 26.1 Å². The quantitative estimate of drug-likeness (QED) is 0.0584. The molecule has 0 aromatic heterocycles. The van der Waals surface area contributed by atoms with Gasteiger partial charge in [-0.3, -0.25) is 9.59 Å². The molecular formula is C39H77NO3. The average Bonchev–Trinajstić information content (AvgIpc) is 3.01. The molecule has 0 saturated carbocycles. The molecule has 43 heavy (non-hydrogen) atoms. The Morgan fingerprint density at radius 1 is 0.488 bits per heavy atom. The minimum atomic E-state index is -0.438. The number of carbonyl (C=O) groups excluding carboxylic acids is 2. The topological polar surface area (TPSA) is 55.4 Å². The molecule has 0 aliphatic heterocycles. The second-order valence-corrected chi connectivity index (χ2v) is 13.8. The number of esters is 1. The minimum absolute atomic E-state index is 0.0975. The highest BCUT2D eigenvalue weighted by atomic mass is 16.5. The number of hydrogen-bond donors (Lipinski definition) is 1. The maximum atomic E-state index is 12.6. The van der Waals surface area contributed by atoms with Crippen molar-refractivity contribution in [2.75, 3.05) is 13.7 Å². The summed E-state index contributed by atoms with van der Waals surface area (Å²) in [6.45, 7) is 7.26. The van der Waals surface area contributed by atoms with Gasteiger partial charge in [-0.05, 0) is 32.6 Å². The number of rotatable bonds is 34. The molecule has 0 aromatic rings. The molecule has 4 heteroatoms. The van der Waals surface area contributed by atoms with Gasteiger partial charge in [0.15, 0.2) is 0 Å². The molecule has 0 heterocycles. The van der Waals surface area contributed by atoms with Crippen LogP contribution < -0.4 is 5.32 Å². The fraction of sp³-hybridized carbons (Fsp3) is 0.949. The van der Waals surface area contributed by atoms with E-state index >= 15 is 0 Å². The molecule has 256 valence electrons. The van der Waals surface area contributed by atoms with E-state index in [4.69, 9.17) is 4.74 Å². The van der Waals surface area contributed by atoms with Gasteiger partial charge in [0.05, 0.1) is 12.5 Å². The molecule has 0 spiro atoms. The number of hydrogen-bond acceptors (Lipinski definition) is 3. The Hall–Kier alpha value is -1.06. The first-order chi connectivity index (χ1) is 21.0. The van der Waals surface area contributed by atoms with Crippen molar-refractivity contribution in [3.63, 3.8) is 0 Å². The summed E-state index contributed by atoms with van der Waals surface area (Å²) < 4.78 is 5.16. The SMILES string of the molecule is CCCCCCCCCCCCCCCCCC(=O)NCCCC(C)(CCCCCCCCCCCCCC)C(=O)OC. The maximum Gasteiger partial charge on any atom is 0.311 e. The van der Waals surface area contributed by atoms with E-state index in [0.717, 1.165) is 38.5 Å². The van der Waals surface area contributed by atoms with Gasteiger partial charge in [-0.15, -0.1) is 0 Å². The summed E-state index contributed by atoms with van der Waals surface area (Å²) in [5.41, 5.74) is -0.438. The summed E-state index contributed by atoms with van der Waals surface area (Å²) in [7, 11) is 1.50. The first kappa shape index (κ1) is 41.9. The summed E-state index contributed by atoms with van der Waals surface area (Å²) in [4.78, 5) is 24.8. The van der Waals surface area contributed by atoms with Gasteiger partial charge in [0.1, 0.15) is 0 Å². The van der Waals surface area contributed by atoms with Crippen molar-refractivity contribution >= 4 is 11.9 Å². The van der Waals surface area contributed by atoms with E-state index in [1.54, 1.807) is 0 Å². The van der Waals surface area contributed by atoms with Crippen molar-refractivity contribution in [1.82, 2.24) is 5.32 Å². The van der Waals surface area contributed by atoms with Crippen molar-refractivity contribution in [2.24, 2.45) is 5.41 Å². The molecule has 1 atom stereocenters. The first-order valence-electron chi connectivity index (χ1n) is 19.3. The molecule has 0 fully saturated rings. The Labute approximate surface area is 270 Å². The number of unbranched alkanes of at least 4 members (excludes halogenated alkanes) is 25. The van der Waals surface area contributed by atoms with E-state index in [0.29, 0.717) is 13.0 Å². The summed E-state index contributed by atoms with van der Waals surface area (Å²) in [5.74, 6) is 0.0649. The second kappa shape index (κ2) is 32.3. The van der Waals surface area contributed by atoms with Crippen LogP contribution in [-0.2, 0) is 14.3 Å². The zero-order valence-corrected chi connectivity index (χ0v) is 29.9. The van der Waals surface area contributed by atoms with E-state index in [1.807, 2.05) is 0 Å². The summed E-state index contributed by atoms with van der Waals surface area (Å²) in [6.07, 6.45) is 39.1. The molecule has 0 saturated heterocycles. The Kier molecular flexibility index (Phi) is 31.5. The van der Waals surface area contributed by atoms with Gasteiger partial charge < -0.3 is 10.1 Å². The monoisotopic (exact) mass is 608 g/mol. The number of ether oxygens (including phenoxy) is 1. The van der Waals surface area contributed by atoms with E-state index < -0.39 is 5.41 Å². The lowest BCUT2D eigenvalue weighted by Crippen LogP contribution is -2.31. The highest BCUT2D eigenvalue weighted by Crippen LogP contribution is 2.32. The highest BCUT2D eigenvalue weighted by Gasteiger charge is 2.33. The zero-order valence-electron chi connectivity index (χ0n) is 29.9. The van der Waals surface area contributed by atoms with Crippen molar-refractivity contribution in [3.8, 4) is 0 Å². The van der Waals surface area contributed by atoms with Gasteiger partial charge >= 0.3 is 5.97 Å². The number of methoxy groups -OCH3 is 1. The van der Waals surface area contributed by atoms with Crippen molar-refractivity contribution in [1.29, 1.82) is 0 Å². The van der Waals surface area contributed by atoms with Gasteiger partial charge in [0, 0.05) is 13.0 Å². The van der Waals surface area contributed by atoms with Gasteiger partial charge in [-0.1, -0.05) is 181 Å². The number of nitrogens with one attached hydrogen (secondary N) is 1. The van der Waals surface area contributed by atoms with Gasteiger partial charge in [-0.2, -0.15) is 0 Å². The van der Waals surface area contributed by atoms with Crippen LogP contribution in [-0.4, -0.2) is 25.5 Å². The van der Waals surface area contributed by atoms with Gasteiger partial charge in [-0.25, -0.2) is 0 Å². The molecule has 1 unspecified atom stereocenters. The standard InChI is InChI=1S/C39H77NO3/c1-5-7-9-11-13-15-17-19-20-21-22-24-26-28-30-33-37(41)40-36-32-35-39(3,38(42)43-4)34-31-29-27-25-23-18-16-14-12-10-8-6-2/h5-36H2,1-4H3,(H,40,41). The Balaban J connectivity index is 3.72. The van der Waals surface area contributed by atoms with E-state index in [1.165, 1.54) is 161 Å². The lowest BCUT2D eigenvalue weighted by molar-refractivity contribution is -0.152. The second-order valence-electron chi connectivity index (χ2n) is 13.8. The van der Waals surface area contributed by atoms with E-state index in [-0.39, 0.29) is 11.9 Å². The van der Waals surface area contributed by atoms with Gasteiger partial charge in [0.2, 0.25) is 5.91 Å². The van der Waals surface area contributed by atoms with Crippen LogP contribution in [0.1, 0.15) is 220 Å². The lowest BCUT2D eigenvalue weighted by Gasteiger charge is -2.26. The number of carbonyl (C=O) groups is 2. The first-order valence-corrected chi connectivity index (χ1v) is 19.3. The molecule has 0 radical (unpaired) electrons. The Morgan fingerprint density at radius 3 is 1.19 bits per heavy atom. The molecule has 0 bridgehead atoms. The van der Waals surface area contributed by atoms with Crippen LogP contribution in [0, 0.1) is 5.41 Å². The molecule has 0 aliphatic carbocycles. The lowest BCUT2D eigenvalue weighted by atomic mass is 9.80. The van der Waals surface area contributed by atoms with Crippen LogP contribution in [0.5, 0.6) is 0 Å². The van der Waals surface area contributed by atoms with Crippen LogP contribution in [0.2, 0.25) is 0 Å². The minimum Gasteiger partial charge on any atom is -0.469 e. The van der Waals surface area contributed by atoms with Crippen molar-refractivity contribution in [2.45, 2.75) is 220 Å². The van der Waals surface area contributed by atoms with Crippen molar-refractivity contribution in [3.05, 3.63) is 0 Å². The Bertz CT molecular complexity index is 607. The molecule has 0 aromatic carbocycles. The third-order valence-electron chi connectivity index (χ3n) is 9.50. The van der Waals surface area contributed by atoms with Crippen molar-refractivity contribution < 1.29 is 14.3 Å². The maximum absolute atomic E-state index is 12.6. The fourth-order valence-corrected chi connectivity index (χ4v) is 6.38. The summed E-state index contributed by atoms with van der Waals surface area (Å²) >= 11 is 0. The van der Waals surface area contributed by atoms with Crippen LogP contribution in [0.15, 0.2) is 0 Å². The predicted molar refractivity (Wildman–Crippen MR) is 188 cm³/mol. The number of amides is 1. The normalized spacial score (nSPS) is 12.7. The van der Waals surface area contributed by atoms with Crippen LogP contribution in [0.4, 0.5) is 0 Å². The zero-order chi connectivity index (χ0) is 31.7. The third-order valence-corrected chi connectivity index (χ3v) is 9.50. The smallest absolute Gasteiger partial charge is 0.311 e. The molecule has 1 amide bonds.